The van der Waals surface area contributed by atoms with E-state index in [1.807, 2.05) is 12.1 Å². The van der Waals surface area contributed by atoms with Crippen LogP contribution in [0.3, 0.4) is 0 Å². The third-order valence-corrected chi connectivity index (χ3v) is 4.94. The quantitative estimate of drug-likeness (QED) is 0.735. The van der Waals surface area contributed by atoms with E-state index < -0.39 is 24.9 Å². The number of amides is 1. The highest BCUT2D eigenvalue weighted by atomic mass is 35.5. The summed E-state index contributed by atoms with van der Waals surface area (Å²) in [7, 11) is 3.20. The molecule has 28 heavy (non-hydrogen) atoms. The number of carbonyl (C=O) groups is 1. The molecule has 160 valence electrons. The van der Waals surface area contributed by atoms with Crippen molar-refractivity contribution >= 4 is 36.4 Å². The Morgan fingerprint density at radius 3 is 2.18 bits per heavy atom. The van der Waals surface area contributed by atoms with Crippen LogP contribution in [0.5, 0.6) is 11.5 Å². The number of hydrogen-bond donors (Lipinski definition) is 2. The first-order valence-electron chi connectivity index (χ1n) is 8.80. The number of carbonyl (C=O) groups excluding carboxylic acids is 1. The van der Waals surface area contributed by atoms with E-state index in [2.05, 4.69) is 10.6 Å². The van der Waals surface area contributed by atoms with Crippen LogP contribution in [0.15, 0.2) is 18.2 Å². The van der Waals surface area contributed by atoms with Gasteiger partial charge >= 0.3 is 0 Å². The SMILES string of the molecule is COc1cc(NC2CCN(C(=O)C3CC(F)(F)CN3)CC2)cc(OC)c1.Cl.Cl. The van der Waals surface area contributed by atoms with Crippen LogP contribution in [0.25, 0.3) is 0 Å². The van der Waals surface area contributed by atoms with E-state index >= 15 is 0 Å². The molecule has 0 radical (unpaired) electrons. The second kappa shape index (κ2) is 10.3. The Balaban J connectivity index is 0.00000196. The predicted molar refractivity (Wildman–Crippen MR) is 109 cm³/mol. The number of halogens is 4. The molecule has 0 spiro atoms. The lowest BCUT2D eigenvalue weighted by atomic mass is 10.0. The number of rotatable bonds is 5. The first-order chi connectivity index (χ1) is 12.4. The molecule has 2 aliphatic heterocycles. The maximum atomic E-state index is 13.3. The number of nitrogens with zero attached hydrogens (tertiary/aromatic N) is 1. The smallest absolute Gasteiger partial charge is 0.262 e. The van der Waals surface area contributed by atoms with Gasteiger partial charge in [0.2, 0.25) is 5.91 Å². The fourth-order valence-corrected chi connectivity index (χ4v) is 3.48. The normalized spacial score (nSPS) is 21.3. The Labute approximate surface area is 176 Å². The summed E-state index contributed by atoms with van der Waals surface area (Å²) >= 11 is 0. The lowest BCUT2D eigenvalue weighted by Crippen LogP contribution is -2.48. The summed E-state index contributed by atoms with van der Waals surface area (Å²) in [5.74, 6) is -1.60. The van der Waals surface area contributed by atoms with Crippen LogP contribution in [0.4, 0.5) is 14.5 Å². The lowest BCUT2D eigenvalue weighted by Gasteiger charge is -2.34. The maximum Gasteiger partial charge on any atom is 0.262 e. The Morgan fingerprint density at radius 1 is 1.14 bits per heavy atom. The van der Waals surface area contributed by atoms with Crippen LogP contribution in [0.2, 0.25) is 0 Å². The summed E-state index contributed by atoms with van der Waals surface area (Å²) in [6.07, 6.45) is 1.11. The van der Waals surface area contributed by atoms with Crippen LogP contribution in [-0.2, 0) is 4.79 Å². The van der Waals surface area contributed by atoms with Gasteiger partial charge in [0.05, 0.1) is 26.8 Å². The number of alkyl halides is 2. The van der Waals surface area contributed by atoms with Gasteiger partial charge in [-0.15, -0.1) is 24.8 Å². The molecule has 1 amide bonds. The molecule has 0 aliphatic carbocycles. The summed E-state index contributed by atoms with van der Waals surface area (Å²) in [5.41, 5.74) is 0.892. The molecule has 0 aromatic heterocycles. The number of piperidine rings is 1. The number of hydrogen-bond acceptors (Lipinski definition) is 5. The van der Waals surface area contributed by atoms with Crippen LogP contribution < -0.4 is 20.1 Å². The van der Waals surface area contributed by atoms with Gasteiger partial charge in [0.1, 0.15) is 11.5 Å². The molecule has 0 saturated carbocycles. The molecular weight excluding hydrogens is 415 g/mol. The molecule has 2 heterocycles. The molecule has 1 aromatic carbocycles. The minimum atomic E-state index is -2.79. The minimum Gasteiger partial charge on any atom is -0.497 e. The van der Waals surface area contributed by atoms with Crippen LogP contribution in [0, 0.1) is 0 Å². The van der Waals surface area contributed by atoms with Crippen molar-refractivity contribution in [1.29, 1.82) is 0 Å². The fraction of sp³-hybridized carbons (Fsp3) is 0.611. The van der Waals surface area contributed by atoms with Gasteiger partial charge < -0.3 is 19.7 Å². The molecule has 10 heteroatoms. The minimum absolute atomic E-state index is 0. The molecule has 1 unspecified atom stereocenters. The number of likely N-dealkylation sites (tertiary alicyclic amines) is 1. The van der Waals surface area contributed by atoms with Crippen molar-refractivity contribution in [3.63, 3.8) is 0 Å². The molecule has 2 aliphatic rings. The number of methoxy groups -OCH3 is 2. The molecule has 1 atom stereocenters. The number of anilines is 1. The van der Waals surface area contributed by atoms with Gasteiger partial charge in [0.25, 0.3) is 5.92 Å². The van der Waals surface area contributed by atoms with Crippen LogP contribution in [-0.4, -0.2) is 62.7 Å². The van der Waals surface area contributed by atoms with E-state index in [1.165, 1.54) is 0 Å². The second-order valence-electron chi connectivity index (χ2n) is 6.84. The van der Waals surface area contributed by atoms with Crippen molar-refractivity contribution in [3.8, 4) is 11.5 Å². The van der Waals surface area contributed by atoms with Crippen molar-refractivity contribution in [2.75, 3.05) is 39.2 Å². The highest BCUT2D eigenvalue weighted by Crippen LogP contribution is 2.29. The van der Waals surface area contributed by atoms with E-state index in [-0.39, 0.29) is 36.8 Å². The zero-order chi connectivity index (χ0) is 18.7. The average Bonchev–Trinajstić information content (AvgIpc) is 3.01. The largest absolute Gasteiger partial charge is 0.497 e. The van der Waals surface area contributed by atoms with E-state index in [0.29, 0.717) is 24.6 Å². The standard InChI is InChI=1S/C18H25F2N3O3.2ClH/c1-25-14-7-13(8-15(9-14)26-2)22-12-3-5-23(6-4-12)17(24)16-10-18(19,20)11-21-16;;/h7-9,12,16,21-22H,3-6,10-11H2,1-2H3;2*1H. The average molecular weight is 442 g/mol. The van der Waals surface area contributed by atoms with E-state index in [1.54, 1.807) is 25.2 Å². The highest BCUT2D eigenvalue weighted by Gasteiger charge is 2.43. The number of benzene rings is 1. The topological polar surface area (TPSA) is 62.8 Å². The first kappa shape index (κ1) is 24.5. The number of ether oxygens (including phenoxy) is 2. The van der Waals surface area contributed by atoms with E-state index in [4.69, 9.17) is 9.47 Å². The lowest BCUT2D eigenvalue weighted by molar-refractivity contribution is -0.134. The first-order valence-corrected chi connectivity index (χ1v) is 8.80. The van der Waals surface area contributed by atoms with Crippen molar-refractivity contribution in [3.05, 3.63) is 18.2 Å². The van der Waals surface area contributed by atoms with Gasteiger partial charge in [0.15, 0.2) is 0 Å². The third kappa shape index (κ3) is 5.99. The van der Waals surface area contributed by atoms with Gasteiger partial charge in [0, 0.05) is 49.4 Å². The molecule has 1 aromatic rings. The van der Waals surface area contributed by atoms with Crippen molar-refractivity contribution in [1.82, 2.24) is 10.2 Å². The molecule has 2 N–H and O–H groups in total. The van der Waals surface area contributed by atoms with Crippen molar-refractivity contribution < 1.29 is 23.0 Å². The number of nitrogens with one attached hydrogen (secondary N) is 2. The zero-order valence-electron chi connectivity index (χ0n) is 15.9. The molecule has 6 nitrogen and oxygen atoms in total. The molecule has 2 fully saturated rings. The summed E-state index contributed by atoms with van der Waals surface area (Å²) in [4.78, 5) is 14.1. The Morgan fingerprint density at radius 2 is 1.71 bits per heavy atom. The van der Waals surface area contributed by atoms with Gasteiger partial charge in [-0.1, -0.05) is 0 Å². The molecule has 2 saturated heterocycles. The Hall–Kier alpha value is -1.51. The van der Waals surface area contributed by atoms with Gasteiger partial charge in [-0.3, -0.25) is 10.1 Å². The van der Waals surface area contributed by atoms with E-state index in [9.17, 15) is 13.6 Å². The fourth-order valence-electron chi connectivity index (χ4n) is 3.48. The van der Waals surface area contributed by atoms with Crippen molar-refractivity contribution in [2.45, 2.75) is 37.3 Å². The maximum absolute atomic E-state index is 13.3. The van der Waals surface area contributed by atoms with Crippen molar-refractivity contribution in [2.24, 2.45) is 0 Å². The highest BCUT2D eigenvalue weighted by molar-refractivity contribution is 5.85. The second-order valence-corrected chi connectivity index (χ2v) is 6.84. The summed E-state index contributed by atoms with van der Waals surface area (Å²) in [6, 6.07) is 5.03. The van der Waals surface area contributed by atoms with Crippen LogP contribution >= 0.6 is 24.8 Å². The van der Waals surface area contributed by atoms with Gasteiger partial charge in [-0.05, 0) is 12.8 Å². The third-order valence-electron chi connectivity index (χ3n) is 4.94. The summed E-state index contributed by atoms with van der Waals surface area (Å²) in [6.45, 7) is 0.696. The predicted octanol–water partition coefficient (Wildman–Crippen LogP) is 2.95. The molecule has 0 bridgehead atoms. The van der Waals surface area contributed by atoms with Crippen LogP contribution in [0.1, 0.15) is 19.3 Å². The molecular formula is C18H27Cl2F2N3O3. The monoisotopic (exact) mass is 441 g/mol. The zero-order valence-corrected chi connectivity index (χ0v) is 17.5. The Kier molecular flexibility index (Phi) is 9.04. The molecule has 3 rings (SSSR count). The van der Waals surface area contributed by atoms with Gasteiger partial charge in [-0.2, -0.15) is 0 Å². The Bertz CT molecular complexity index is 637. The summed E-state index contributed by atoms with van der Waals surface area (Å²) in [5, 5.41) is 6.07. The van der Waals surface area contributed by atoms with E-state index in [0.717, 1.165) is 18.5 Å². The summed E-state index contributed by atoms with van der Waals surface area (Å²) < 4.78 is 37.1. The van der Waals surface area contributed by atoms with Gasteiger partial charge in [-0.25, -0.2) is 8.78 Å².